The second-order valence-corrected chi connectivity index (χ2v) is 6.79. The number of carbonyl (C=O) groups excluding carboxylic acids is 3. The monoisotopic (exact) mass is 349 g/mol. The minimum atomic E-state index is -1.08. The van der Waals surface area contributed by atoms with Crippen molar-refractivity contribution in [1.29, 1.82) is 0 Å². The van der Waals surface area contributed by atoms with E-state index in [0.29, 0.717) is 11.3 Å². The lowest BCUT2D eigenvalue weighted by atomic mass is 9.93. The normalized spacial score (nSPS) is 20.4. The molecule has 0 radical (unpaired) electrons. The number of esters is 1. The molecule has 25 heavy (non-hydrogen) atoms. The molecule has 1 amide bonds. The first-order valence-electron chi connectivity index (χ1n) is 7.92. The number of hydrogen-bond donors (Lipinski definition) is 0. The van der Waals surface area contributed by atoms with Gasteiger partial charge in [0.05, 0.1) is 26.8 Å². The molecule has 0 saturated carbocycles. The maximum absolute atomic E-state index is 12.5. The highest BCUT2D eigenvalue weighted by molar-refractivity contribution is 6.04. The molecule has 1 aliphatic heterocycles. The summed E-state index contributed by atoms with van der Waals surface area (Å²) in [5.41, 5.74) is -0.0820. The number of nitrogens with zero attached hydrogens (tertiary/aromatic N) is 1. The molecule has 0 bridgehead atoms. The molecule has 2 rings (SSSR count). The second kappa shape index (κ2) is 7.13. The van der Waals surface area contributed by atoms with Gasteiger partial charge in [-0.05, 0) is 38.5 Å². The number of ether oxygens (including phenoxy) is 3. The summed E-state index contributed by atoms with van der Waals surface area (Å²) in [5.74, 6) is -1.49. The molecule has 1 fully saturated rings. The largest absolute Gasteiger partial charge is 0.497 e. The Kier molecular flexibility index (Phi) is 5.35. The van der Waals surface area contributed by atoms with Crippen molar-refractivity contribution in [3.05, 3.63) is 29.8 Å². The van der Waals surface area contributed by atoms with Crippen molar-refractivity contribution in [2.75, 3.05) is 20.8 Å². The van der Waals surface area contributed by atoms with Gasteiger partial charge in [0.25, 0.3) is 0 Å². The van der Waals surface area contributed by atoms with E-state index in [0.717, 1.165) is 0 Å². The van der Waals surface area contributed by atoms with Gasteiger partial charge < -0.3 is 14.2 Å². The van der Waals surface area contributed by atoms with Gasteiger partial charge in [-0.3, -0.25) is 14.5 Å². The molecule has 1 aromatic carbocycles. The molecule has 7 heteroatoms. The third-order valence-corrected chi connectivity index (χ3v) is 3.87. The summed E-state index contributed by atoms with van der Waals surface area (Å²) in [6, 6.07) is 6.07. The fourth-order valence-electron chi connectivity index (χ4n) is 2.78. The van der Waals surface area contributed by atoms with Crippen molar-refractivity contribution in [2.45, 2.75) is 32.4 Å². The SMILES string of the molecule is COC(=O)[C@@H]1C(=O)CN(C(=O)OC(C)(C)C)[C@@H]1c1ccc(OC)cc1. The van der Waals surface area contributed by atoms with E-state index < -0.39 is 29.6 Å². The van der Waals surface area contributed by atoms with Crippen LogP contribution in [0.5, 0.6) is 5.75 Å². The van der Waals surface area contributed by atoms with Crippen LogP contribution < -0.4 is 4.74 Å². The first-order chi connectivity index (χ1) is 11.7. The summed E-state index contributed by atoms with van der Waals surface area (Å²) in [4.78, 5) is 38.3. The fourth-order valence-corrected chi connectivity index (χ4v) is 2.78. The second-order valence-electron chi connectivity index (χ2n) is 6.79. The molecule has 136 valence electrons. The first kappa shape index (κ1) is 18.8. The minimum Gasteiger partial charge on any atom is -0.497 e. The highest BCUT2D eigenvalue weighted by Gasteiger charge is 2.49. The zero-order valence-electron chi connectivity index (χ0n) is 15.1. The molecule has 1 aromatic rings. The van der Waals surface area contributed by atoms with Crippen LogP contribution >= 0.6 is 0 Å². The minimum absolute atomic E-state index is 0.203. The zero-order chi connectivity index (χ0) is 18.8. The fraction of sp³-hybridized carbons (Fsp3) is 0.500. The molecule has 0 aromatic heterocycles. The Hall–Kier alpha value is -2.57. The molecule has 0 spiro atoms. The summed E-state index contributed by atoms with van der Waals surface area (Å²) in [6.07, 6.45) is -0.645. The van der Waals surface area contributed by atoms with E-state index >= 15 is 0 Å². The van der Waals surface area contributed by atoms with Gasteiger partial charge in [-0.15, -0.1) is 0 Å². The van der Waals surface area contributed by atoms with E-state index in [-0.39, 0.29) is 12.3 Å². The van der Waals surface area contributed by atoms with Gasteiger partial charge in [-0.25, -0.2) is 4.79 Å². The predicted molar refractivity (Wildman–Crippen MR) is 89.2 cm³/mol. The molecular formula is C18H23NO6. The lowest BCUT2D eigenvalue weighted by Gasteiger charge is -2.29. The topological polar surface area (TPSA) is 82.1 Å². The van der Waals surface area contributed by atoms with Crippen LogP contribution in [0.15, 0.2) is 24.3 Å². The van der Waals surface area contributed by atoms with Gasteiger partial charge in [0, 0.05) is 0 Å². The highest BCUT2D eigenvalue weighted by atomic mass is 16.6. The maximum atomic E-state index is 12.5. The van der Waals surface area contributed by atoms with E-state index in [1.165, 1.54) is 12.0 Å². The smallest absolute Gasteiger partial charge is 0.411 e. The zero-order valence-corrected chi connectivity index (χ0v) is 15.1. The summed E-state index contributed by atoms with van der Waals surface area (Å²) in [5, 5.41) is 0. The van der Waals surface area contributed by atoms with Crippen molar-refractivity contribution >= 4 is 17.8 Å². The Morgan fingerprint density at radius 2 is 1.72 bits per heavy atom. The molecule has 1 heterocycles. The average Bonchev–Trinajstić information content (AvgIpc) is 2.90. The van der Waals surface area contributed by atoms with E-state index in [1.54, 1.807) is 52.1 Å². The van der Waals surface area contributed by atoms with Crippen molar-refractivity contribution in [2.24, 2.45) is 5.92 Å². The van der Waals surface area contributed by atoms with E-state index in [2.05, 4.69) is 0 Å². The molecule has 2 atom stereocenters. The van der Waals surface area contributed by atoms with E-state index in [1.807, 2.05) is 0 Å². The summed E-state index contributed by atoms with van der Waals surface area (Å²) >= 11 is 0. The summed E-state index contributed by atoms with van der Waals surface area (Å²) in [7, 11) is 2.76. The van der Waals surface area contributed by atoms with Crippen LogP contribution in [0, 0.1) is 5.92 Å². The van der Waals surface area contributed by atoms with Gasteiger partial charge in [0.15, 0.2) is 5.78 Å². The van der Waals surface area contributed by atoms with Crippen molar-refractivity contribution in [3.8, 4) is 5.75 Å². The molecule has 7 nitrogen and oxygen atoms in total. The predicted octanol–water partition coefficient (Wildman–Crippen LogP) is 2.35. The van der Waals surface area contributed by atoms with Gasteiger partial charge in [0.1, 0.15) is 17.3 Å². The molecule has 1 aliphatic rings. The number of carbonyl (C=O) groups is 3. The van der Waals surface area contributed by atoms with E-state index in [9.17, 15) is 14.4 Å². The Balaban J connectivity index is 2.41. The van der Waals surface area contributed by atoms with Gasteiger partial charge in [-0.2, -0.15) is 0 Å². The van der Waals surface area contributed by atoms with Crippen LogP contribution in [0.4, 0.5) is 4.79 Å². The van der Waals surface area contributed by atoms with Gasteiger partial charge in [-0.1, -0.05) is 12.1 Å². The van der Waals surface area contributed by atoms with Crippen LogP contribution in [-0.4, -0.2) is 49.1 Å². The van der Waals surface area contributed by atoms with Crippen LogP contribution in [-0.2, 0) is 19.1 Å². The number of hydrogen-bond acceptors (Lipinski definition) is 6. The van der Waals surface area contributed by atoms with Crippen molar-refractivity contribution in [3.63, 3.8) is 0 Å². The van der Waals surface area contributed by atoms with E-state index in [4.69, 9.17) is 14.2 Å². The van der Waals surface area contributed by atoms with Gasteiger partial charge in [0.2, 0.25) is 0 Å². The molecule has 0 N–H and O–H groups in total. The highest BCUT2D eigenvalue weighted by Crippen LogP contribution is 2.37. The number of benzene rings is 1. The van der Waals surface area contributed by atoms with Crippen molar-refractivity contribution < 1.29 is 28.6 Å². The Labute approximate surface area is 146 Å². The quantitative estimate of drug-likeness (QED) is 0.615. The summed E-state index contributed by atoms with van der Waals surface area (Å²) in [6.45, 7) is 5.01. The van der Waals surface area contributed by atoms with Gasteiger partial charge >= 0.3 is 12.1 Å². The number of methoxy groups -OCH3 is 2. The average molecular weight is 349 g/mol. The van der Waals surface area contributed by atoms with Crippen LogP contribution in [0.3, 0.4) is 0 Å². The molecule has 0 unspecified atom stereocenters. The Bertz CT molecular complexity index is 661. The van der Waals surface area contributed by atoms with Crippen molar-refractivity contribution in [1.82, 2.24) is 4.90 Å². The van der Waals surface area contributed by atoms with Crippen LogP contribution in [0.1, 0.15) is 32.4 Å². The molecule has 0 aliphatic carbocycles. The summed E-state index contributed by atoms with van der Waals surface area (Å²) < 4.78 is 15.3. The maximum Gasteiger partial charge on any atom is 0.411 e. The third kappa shape index (κ3) is 4.10. The third-order valence-electron chi connectivity index (χ3n) is 3.87. The Morgan fingerprint density at radius 1 is 1.12 bits per heavy atom. The van der Waals surface area contributed by atoms with Crippen LogP contribution in [0.2, 0.25) is 0 Å². The number of amides is 1. The number of rotatable bonds is 3. The standard InChI is InChI=1S/C18H23NO6/c1-18(2,3)25-17(22)19-10-13(20)14(16(21)24-5)15(19)11-6-8-12(23-4)9-7-11/h6-9,14-15H,10H2,1-5H3/t14-,15-/m1/s1. The first-order valence-corrected chi connectivity index (χ1v) is 7.92. The van der Waals surface area contributed by atoms with Crippen LogP contribution in [0.25, 0.3) is 0 Å². The molecular weight excluding hydrogens is 326 g/mol. The lowest BCUT2D eigenvalue weighted by molar-refractivity contribution is -0.148. The molecule has 1 saturated heterocycles. The Morgan fingerprint density at radius 3 is 2.20 bits per heavy atom. The number of Topliss-reactive ketones (excluding diaryl/α,β-unsaturated/α-hetero) is 1. The number of ketones is 1. The number of likely N-dealkylation sites (tertiary alicyclic amines) is 1. The lowest BCUT2D eigenvalue weighted by Crippen LogP contribution is -2.38.